The quantitative estimate of drug-likeness (QED) is 0.627. The highest BCUT2D eigenvalue weighted by Gasteiger charge is 2.29. The van der Waals surface area contributed by atoms with Gasteiger partial charge >= 0.3 is 11.5 Å². The van der Waals surface area contributed by atoms with Crippen molar-refractivity contribution >= 4 is 40.3 Å². The van der Waals surface area contributed by atoms with Gasteiger partial charge in [0.25, 0.3) is 5.56 Å². The zero-order valence-corrected chi connectivity index (χ0v) is 15.5. The molecule has 1 aromatic heterocycles. The highest BCUT2D eigenvalue weighted by atomic mass is 32.2. The van der Waals surface area contributed by atoms with Gasteiger partial charge in [0.2, 0.25) is 0 Å². The molecule has 1 aliphatic heterocycles. The van der Waals surface area contributed by atoms with Gasteiger partial charge < -0.3 is 5.11 Å². The number of aromatic carboxylic acids is 1. The fourth-order valence-electron chi connectivity index (χ4n) is 3.25. The molecule has 4 rings (SSSR count). The summed E-state index contributed by atoms with van der Waals surface area (Å²) in [6.45, 7) is 0.436. The van der Waals surface area contributed by atoms with Gasteiger partial charge in [-0.1, -0.05) is 12.1 Å². The number of halogens is 3. The molecule has 5 nitrogen and oxygen atoms in total. The van der Waals surface area contributed by atoms with Crippen molar-refractivity contribution in [2.45, 2.75) is 23.4 Å². The van der Waals surface area contributed by atoms with Crippen LogP contribution in [0.15, 0.2) is 52.2 Å². The SMILES string of the molecule is O=C(O)c1ccc2c(=O)n3c(nc2c1)/C(=C/c1ccc(SC(F)(F)F)cc1)CC3. The number of rotatable bonds is 3. The van der Waals surface area contributed by atoms with E-state index in [1.807, 2.05) is 0 Å². The molecule has 0 saturated heterocycles. The Morgan fingerprint density at radius 1 is 1.17 bits per heavy atom. The molecular weight excluding hydrogens is 405 g/mol. The Morgan fingerprint density at radius 3 is 2.55 bits per heavy atom. The normalized spacial score (nSPS) is 15.1. The number of hydrogen-bond acceptors (Lipinski definition) is 4. The van der Waals surface area contributed by atoms with Crippen molar-refractivity contribution in [1.82, 2.24) is 9.55 Å². The summed E-state index contributed by atoms with van der Waals surface area (Å²) in [5.41, 5.74) is -2.80. The van der Waals surface area contributed by atoms with Crippen molar-refractivity contribution in [2.75, 3.05) is 0 Å². The second-order valence-corrected chi connectivity index (χ2v) is 7.60. The van der Waals surface area contributed by atoms with Crippen LogP contribution in [0, 0.1) is 0 Å². The van der Waals surface area contributed by atoms with E-state index in [2.05, 4.69) is 4.98 Å². The van der Waals surface area contributed by atoms with Crippen LogP contribution in [0.2, 0.25) is 0 Å². The fourth-order valence-corrected chi connectivity index (χ4v) is 3.79. The Hall–Kier alpha value is -3.07. The number of thioether (sulfide) groups is 1. The smallest absolute Gasteiger partial charge is 0.446 e. The molecule has 0 atom stereocenters. The van der Waals surface area contributed by atoms with E-state index in [0.717, 1.165) is 5.57 Å². The first-order chi connectivity index (χ1) is 13.7. The summed E-state index contributed by atoms with van der Waals surface area (Å²) in [6, 6.07) is 10.1. The standard InChI is InChI=1S/C20H13F3N2O3S/c21-20(22,23)29-14-4-1-11(2-5-14)9-12-7-8-25-17(12)24-16-10-13(19(27)28)3-6-15(16)18(25)26/h1-6,9-10H,7-8H2,(H,27,28)/b12-9+. The van der Waals surface area contributed by atoms with Crippen molar-refractivity contribution in [1.29, 1.82) is 0 Å². The molecule has 0 saturated carbocycles. The number of carbonyl (C=O) groups is 1. The van der Waals surface area contributed by atoms with E-state index in [1.54, 1.807) is 18.2 Å². The Balaban J connectivity index is 1.73. The van der Waals surface area contributed by atoms with Crippen LogP contribution >= 0.6 is 11.8 Å². The van der Waals surface area contributed by atoms with Crippen molar-refractivity contribution < 1.29 is 23.1 Å². The topological polar surface area (TPSA) is 72.2 Å². The maximum absolute atomic E-state index is 12.7. The number of nitrogens with zero attached hydrogens (tertiary/aromatic N) is 2. The van der Waals surface area contributed by atoms with Crippen molar-refractivity contribution in [3.63, 3.8) is 0 Å². The van der Waals surface area contributed by atoms with Gasteiger partial charge in [-0.15, -0.1) is 0 Å². The predicted molar refractivity (Wildman–Crippen MR) is 104 cm³/mol. The van der Waals surface area contributed by atoms with E-state index < -0.39 is 11.5 Å². The molecule has 2 aromatic carbocycles. The van der Waals surface area contributed by atoms with Crippen molar-refractivity contribution in [3.05, 3.63) is 69.8 Å². The molecule has 1 N–H and O–H groups in total. The van der Waals surface area contributed by atoms with Gasteiger partial charge in [0, 0.05) is 11.4 Å². The molecule has 3 aromatic rings. The lowest BCUT2D eigenvalue weighted by molar-refractivity contribution is -0.0328. The van der Waals surface area contributed by atoms with E-state index in [4.69, 9.17) is 5.11 Å². The van der Waals surface area contributed by atoms with Crippen LogP contribution in [0.3, 0.4) is 0 Å². The van der Waals surface area contributed by atoms with E-state index in [1.165, 1.54) is 34.9 Å². The number of aromatic nitrogens is 2. The first-order valence-electron chi connectivity index (χ1n) is 8.56. The van der Waals surface area contributed by atoms with Crippen molar-refractivity contribution in [3.8, 4) is 0 Å². The molecule has 0 aliphatic carbocycles. The minimum atomic E-state index is -4.34. The van der Waals surface area contributed by atoms with Gasteiger partial charge in [0.05, 0.1) is 16.5 Å². The molecule has 0 spiro atoms. The number of allylic oxidation sites excluding steroid dienone is 1. The molecule has 0 unspecified atom stereocenters. The second-order valence-electron chi connectivity index (χ2n) is 6.47. The summed E-state index contributed by atoms with van der Waals surface area (Å²) in [5.74, 6) is -0.666. The molecule has 0 bridgehead atoms. The van der Waals surface area contributed by atoms with Gasteiger partial charge in [-0.2, -0.15) is 13.2 Å². The van der Waals surface area contributed by atoms with E-state index >= 15 is 0 Å². The molecular formula is C20H13F3N2O3S. The number of carboxylic acids is 1. The van der Waals surface area contributed by atoms with Crippen LogP contribution in [0.5, 0.6) is 0 Å². The number of alkyl halides is 3. The van der Waals surface area contributed by atoms with Crippen molar-refractivity contribution in [2.24, 2.45) is 0 Å². The fraction of sp³-hybridized carbons (Fsp3) is 0.150. The largest absolute Gasteiger partial charge is 0.478 e. The molecule has 148 valence electrons. The van der Waals surface area contributed by atoms with E-state index in [0.29, 0.717) is 35.3 Å². The summed E-state index contributed by atoms with van der Waals surface area (Å²) >= 11 is -0.179. The van der Waals surface area contributed by atoms with Crippen LogP contribution in [0.25, 0.3) is 22.6 Å². The predicted octanol–water partition coefficient (Wildman–Crippen LogP) is 4.65. The Morgan fingerprint density at radius 2 is 1.90 bits per heavy atom. The minimum absolute atomic E-state index is 0.0376. The second kappa shape index (κ2) is 7.07. The number of carboxylic acid groups (broad SMARTS) is 1. The monoisotopic (exact) mass is 418 g/mol. The maximum atomic E-state index is 12.7. The third-order valence-corrected chi connectivity index (χ3v) is 5.29. The third-order valence-electron chi connectivity index (χ3n) is 4.55. The van der Waals surface area contributed by atoms with Crippen LogP contribution < -0.4 is 5.56 Å². The van der Waals surface area contributed by atoms with Gasteiger partial charge in [0.15, 0.2) is 0 Å². The maximum Gasteiger partial charge on any atom is 0.446 e. The highest BCUT2D eigenvalue weighted by Crippen LogP contribution is 2.37. The molecule has 9 heteroatoms. The summed E-state index contributed by atoms with van der Waals surface area (Å²) in [6.07, 6.45) is 2.32. The molecule has 1 aliphatic rings. The summed E-state index contributed by atoms with van der Waals surface area (Å²) in [5, 5.41) is 9.49. The Labute approximate surface area is 166 Å². The van der Waals surface area contributed by atoms with Crippen LogP contribution in [-0.2, 0) is 6.54 Å². The first-order valence-corrected chi connectivity index (χ1v) is 9.37. The van der Waals surface area contributed by atoms with Crippen LogP contribution in [-0.4, -0.2) is 26.1 Å². The summed E-state index contributed by atoms with van der Waals surface area (Å²) in [7, 11) is 0. The number of fused-ring (bicyclic) bond motifs is 2. The molecule has 0 amide bonds. The summed E-state index contributed by atoms with van der Waals surface area (Å²) < 4.78 is 38.9. The van der Waals surface area contributed by atoms with Gasteiger partial charge in [-0.05, 0) is 65.7 Å². The lowest BCUT2D eigenvalue weighted by atomic mass is 10.1. The van der Waals surface area contributed by atoms with E-state index in [-0.39, 0.29) is 27.8 Å². The molecule has 2 heterocycles. The first kappa shape index (κ1) is 19.3. The Kier molecular flexibility index (Phi) is 4.70. The lowest BCUT2D eigenvalue weighted by Gasteiger charge is -2.07. The van der Waals surface area contributed by atoms with E-state index in [9.17, 15) is 22.8 Å². The highest BCUT2D eigenvalue weighted by molar-refractivity contribution is 8.00. The average Bonchev–Trinajstić information content (AvgIpc) is 3.05. The van der Waals surface area contributed by atoms with Gasteiger partial charge in [0.1, 0.15) is 5.82 Å². The lowest BCUT2D eigenvalue weighted by Crippen LogP contribution is -2.20. The molecule has 29 heavy (non-hydrogen) atoms. The van der Waals surface area contributed by atoms with Gasteiger partial charge in [-0.25, -0.2) is 9.78 Å². The number of benzene rings is 2. The third kappa shape index (κ3) is 3.91. The Bertz CT molecular complexity index is 1210. The van der Waals surface area contributed by atoms with Gasteiger partial charge in [-0.3, -0.25) is 9.36 Å². The summed E-state index contributed by atoms with van der Waals surface area (Å²) in [4.78, 5) is 28.5. The minimum Gasteiger partial charge on any atom is -0.478 e. The van der Waals surface area contributed by atoms with Crippen LogP contribution in [0.4, 0.5) is 13.2 Å². The number of hydrogen-bond donors (Lipinski definition) is 1. The molecule has 0 radical (unpaired) electrons. The zero-order valence-electron chi connectivity index (χ0n) is 14.7. The average molecular weight is 418 g/mol. The molecule has 0 fully saturated rings. The van der Waals surface area contributed by atoms with Crippen LogP contribution in [0.1, 0.15) is 28.2 Å². The zero-order chi connectivity index (χ0) is 20.8.